The maximum absolute atomic E-state index is 3.73. The summed E-state index contributed by atoms with van der Waals surface area (Å²) >= 11 is 0. The van der Waals surface area contributed by atoms with Gasteiger partial charge in [0.15, 0.2) is 0 Å². The molecule has 0 unspecified atom stereocenters. The lowest BCUT2D eigenvalue weighted by atomic mass is 9.73. The fraction of sp³-hybridized carbons (Fsp3) is 0.0455. The minimum Gasteiger partial charge on any atom is -0.355 e. The molecule has 0 saturated heterocycles. The lowest BCUT2D eigenvalue weighted by molar-refractivity contribution is 0.714. The molecule has 0 atom stereocenters. The average molecular weight is 1160 g/mol. The zero-order chi connectivity index (χ0) is 60.6. The summed E-state index contributed by atoms with van der Waals surface area (Å²) in [6, 6.07) is 124. The molecule has 2 aliphatic carbocycles. The van der Waals surface area contributed by atoms with Gasteiger partial charge in [0.05, 0.1) is 22.4 Å². The van der Waals surface area contributed by atoms with Crippen LogP contribution in [0.25, 0.3) is 93.2 Å². The summed E-state index contributed by atoms with van der Waals surface area (Å²) < 4.78 is 2.44. The van der Waals surface area contributed by atoms with Crippen LogP contribution in [0.2, 0.25) is 0 Å². The molecule has 0 spiro atoms. The Hall–Kier alpha value is -11.5. The molecule has 0 bridgehead atoms. The van der Waals surface area contributed by atoms with Gasteiger partial charge in [-0.15, -0.1) is 0 Å². The van der Waals surface area contributed by atoms with Crippen molar-refractivity contribution in [3.8, 4) is 39.1 Å². The van der Waals surface area contributed by atoms with Gasteiger partial charge in [-0.25, -0.2) is 0 Å². The SMILES string of the molecule is CC1(c2ccccc2N(c2cccc(-c3ccc4c(c3)c3ccccc3n4-c3cccc4ccccc34)c2)c2ccc3ccccc3c2)c2ccccc2-c2ccccc21.CC1(c2ccccc2Nc2ccc3ccccc3c2)c2ccccc2-c2ccccc21. The number of nitrogens with one attached hydrogen (secondary N) is 1. The Labute approximate surface area is 531 Å². The lowest BCUT2D eigenvalue weighted by Crippen LogP contribution is -2.25. The van der Waals surface area contributed by atoms with Crippen LogP contribution < -0.4 is 10.2 Å². The molecule has 0 amide bonds. The molecule has 2 aliphatic rings. The molecule has 0 saturated carbocycles. The second-order valence-corrected chi connectivity index (χ2v) is 24.7. The van der Waals surface area contributed by atoms with Gasteiger partial charge in [0.2, 0.25) is 0 Å². The van der Waals surface area contributed by atoms with Gasteiger partial charge in [0.1, 0.15) is 0 Å². The monoisotopic (exact) mass is 1160 g/mol. The van der Waals surface area contributed by atoms with Gasteiger partial charge in [0.25, 0.3) is 0 Å². The molecule has 430 valence electrons. The predicted molar refractivity (Wildman–Crippen MR) is 384 cm³/mol. The Morgan fingerprint density at radius 2 is 0.747 bits per heavy atom. The van der Waals surface area contributed by atoms with Gasteiger partial charge < -0.3 is 14.8 Å². The topological polar surface area (TPSA) is 20.2 Å². The number of nitrogens with zero attached hydrogens (tertiary/aromatic N) is 2. The highest BCUT2D eigenvalue weighted by Gasteiger charge is 2.44. The van der Waals surface area contributed by atoms with Crippen LogP contribution in [0, 0.1) is 0 Å². The number of fused-ring (bicyclic) bond motifs is 12. The minimum absolute atomic E-state index is 0.215. The minimum atomic E-state index is -0.375. The maximum Gasteiger partial charge on any atom is 0.0541 e. The number of aromatic nitrogens is 1. The Bertz CT molecular complexity index is 5430. The molecule has 15 aromatic carbocycles. The van der Waals surface area contributed by atoms with E-state index in [9.17, 15) is 0 Å². The first-order valence-corrected chi connectivity index (χ1v) is 31.6. The lowest BCUT2D eigenvalue weighted by Gasteiger charge is -2.35. The van der Waals surface area contributed by atoms with Crippen molar-refractivity contribution in [2.24, 2.45) is 0 Å². The third-order valence-electron chi connectivity index (χ3n) is 19.7. The summed E-state index contributed by atoms with van der Waals surface area (Å²) in [7, 11) is 0. The van der Waals surface area contributed by atoms with Crippen LogP contribution in [0.3, 0.4) is 0 Å². The molecular formula is C88H63N3. The fourth-order valence-corrected chi connectivity index (χ4v) is 15.4. The average Bonchev–Trinajstić information content (AvgIpc) is 1.61. The largest absolute Gasteiger partial charge is 0.355 e. The van der Waals surface area contributed by atoms with Crippen molar-refractivity contribution in [3.05, 3.63) is 373 Å². The van der Waals surface area contributed by atoms with Crippen molar-refractivity contribution in [1.82, 2.24) is 4.57 Å². The van der Waals surface area contributed by atoms with E-state index >= 15 is 0 Å². The standard InChI is InChI=1S/C58H40N2.C30H23N/c1-58(51-26-9-6-23-47(51)48-24-7-10-27-52(48)58)53-28-11-13-30-57(53)59(45-34-32-39-16-2-3-18-41(39)36-45)44-21-14-20-42(37-44)43-33-35-56-50(38-43)49-25-8-12-29-55(49)60(56)54-31-15-19-40-17-4-5-22-46(40)54;1-30(26-14-6-4-12-24(26)25-13-5-7-15-27(25)30)28-16-8-9-17-29(28)31-23-19-18-21-10-2-3-11-22(21)20-23/h2-38H,1H3;2-20,31H,1H3. The molecule has 1 N–H and O–H groups in total. The van der Waals surface area contributed by atoms with E-state index in [1.165, 1.54) is 127 Å². The zero-order valence-corrected chi connectivity index (χ0v) is 50.7. The van der Waals surface area contributed by atoms with Gasteiger partial charge in [-0.3, -0.25) is 0 Å². The Morgan fingerprint density at radius 1 is 0.286 bits per heavy atom. The molecule has 0 radical (unpaired) electrons. The molecule has 3 heteroatoms. The van der Waals surface area contributed by atoms with E-state index in [0.29, 0.717) is 0 Å². The smallest absolute Gasteiger partial charge is 0.0541 e. The van der Waals surface area contributed by atoms with Gasteiger partial charge in [-0.1, -0.05) is 267 Å². The maximum atomic E-state index is 3.73. The number of rotatable bonds is 9. The summed E-state index contributed by atoms with van der Waals surface area (Å²) in [6.07, 6.45) is 0. The molecule has 18 rings (SSSR count). The Kier molecular flexibility index (Phi) is 12.8. The molecule has 0 aliphatic heterocycles. The highest BCUT2D eigenvalue weighted by molar-refractivity contribution is 6.12. The van der Waals surface area contributed by atoms with Crippen LogP contribution in [-0.2, 0) is 10.8 Å². The van der Waals surface area contributed by atoms with Crippen LogP contribution in [0.5, 0.6) is 0 Å². The highest BCUT2D eigenvalue weighted by atomic mass is 15.1. The van der Waals surface area contributed by atoms with Crippen molar-refractivity contribution in [2.45, 2.75) is 24.7 Å². The van der Waals surface area contributed by atoms with Crippen molar-refractivity contribution in [1.29, 1.82) is 0 Å². The molecule has 91 heavy (non-hydrogen) atoms. The van der Waals surface area contributed by atoms with E-state index in [0.717, 1.165) is 28.4 Å². The third-order valence-corrected chi connectivity index (χ3v) is 19.7. The second-order valence-electron chi connectivity index (χ2n) is 24.7. The first-order chi connectivity index (χ1) is 44.9. The van der Waals surface area contributed by atoms with Crippen LogP contribution in [0.15, 0.2) is 340 Å². The van der Waals surface area contributed by atoms with Crippen molar-refractivity contribution in [3.63, 3.8) is 0 Å². The summed E-state index contributed by atoms with van der Waals surface area (Å²) in [5, 5.41) is 13.6. The number of anilines is 5. The van der Waals surface area contributed by atoms with E-state index in [1.54, 1.807) is 0 Å². The molecule has 1 aromatic heterocycles. The van der Waals surface area contributed by atoms with E-state index in [4.69, 9.17) is 0 Å². The second kappa shape index (κ2) is 21.7. The van der Waals surface area contributed by atoms with Crippen LogP contribution in [0.1, 0.15) is 47.2 Å². The fourth-order valence-electron chi connectivity index (χ4n) is 15.4. The first-order valence-electron chi connectivity index (χ1n) is 31.6. The van der Waals surface area contributed by atoms with Gasteiger partial charge >= 0.3 is 0 Å². The molecule has 1 heterocycles. The van der Waals surface area contributed by atoms with Crippen LogP contribution >= 0.6 is 0 Å². The zero-order valence-electron chi connectivity index (χ0n) is 50.7. The van der Waals surface area contributed by atoms with Gasteiger partial charge in [0, 0.05) is 49.7 Å². The molecule has 0 fully saturated rings. The summed E-state index contributed by atoms with van der Waals surface area (Å²) in [6.45, 7) is 4.77. The van der Waals surface area contributed by atoms with Crippen molar-refractivity contribution >= 4 is 82.6 Å². The van der Waals surface area contributed by atoms with E-state index in [2.05, 4.69) is 368 Å². The van der Waals surface area contributed by atoms with Crippen molar-refractivity contribution in [2.75, 3.05) is 10.2 Å². The van der Waals surface area contributed by atoms with E-state index < -0.39 is 0 Å². The molecule has 3 nitrogen and oxygen atoms in total. The summed E-state index contributed by atoms with van der Waals surface area (Å²) in [5.41, 5.74) is 24.2. The Balaban J connectivity index is 0.000000172. The normalized spacial score (nSPS) is 13.1. The number of hydrogen-bond donors (Lipinski definition) is 1. The van der Waals surface area contributed by atoms with E-state index in [-0.39, 0.29) is 10.8 Å². The van der Waals surface area contributed by atoms with Crippen LogP contribution in [-0.4, -0.2) is 4.57 Å². The van der Waals surface area contributed by atoms with E-state index in [1.807, 2.05) is 0 Å². The Morgan fingerprint density at radius 3 is 1.42 bits per heavy atom. The van der Waals surface area contributed by atoms with Crippen LogP contribution in [0.4, 0.5) is 28.4 Å². The molecule has 16 aromatic rings. The first kappa shape index (κ1) is 53.7. The van der Waals surface area contributed by atoms with Gasteiger partial charge in [-0.2, -0.15) is 0 Å². The van der Waals surface area contributed by atoms with Gasteiger partial charge in [-0.05, 0) is 180 Å². The number of hydrogen-bond acceptors (Lipinski definition) is 2. The predicted octanol–water partition coefficient (Wildman–Crippen LogP) is 23.5. The quantitative estimate of drug-likeness (QED) is 0.155. The highest BCUT2D eigenvalue weighted by Crippen LogP contribution is 2.57. The number of benzene rings is 15. The van der Waals surface area contributed by atoms with Crippen molar-refractivity contribution < 1.29 is 0 Å². The summed E-state index contributed by atoms with van der Waals surface area (Å²) in [4.78, 5) is 2.48. The molecular weight excluding hydrogens is 1100 g/mol. The summed E-state index contributed by atoms with van der Waals surface area (Å²) in [5.74, 6) is 0. The number of para-hydroxylation sites is 3. The third kappa shape index (κ3) is 8.72.